The lowest BCUT2D eigenvalue weighted by Gasteiger charge is -2.04. The molecule has 2 aromatic heterocycles. The van der Waals surface area contributed by atoms with Gasteiger partial charge in [-0.05, 0) is 19.1 Å². The lowest BCUT2D eigenvalue weighted by atomic mass is 10.4. The number of nitrogens with one attached hydrogen (secondary N) is 1. The third-order valence-electron chi connectivity index (χ3n) is 2.34. The van der Waals surface area contributed by atoms with Crippen LogP contribution in [-0.4, -0.2) is 27.0 Å². The molecule has 0 spiro atoms. The van der Waals surface area contributed by atoms with Crippen LogP contribution in [0.25, 0.3) is 0 Å². The predicted molar refractivity (Wildman–Crippen MR) is 67.7 cm³/mol. The van der Waals surface area contributed by atoms with Crippen LogP contribution >= 0.6 is 11.3 Å². The summed E-state index contributed by atoms with van der Waals surface area (Å²) in [6.07, 6.45) is 2.83. The number of aromatic nitrogens is 3. The van der Waals surface area contributed by atoms with E-state index in [0.29, 0.717) is 17.4 Å². The number of anilines is 1. The summed E-state index contributed by atoms with van der Waals surface area (Å²) in [4.78, 5) is 22.3. The van der Waals surface area contributed by atoms with Crippen LogP contribution in [-0.2, 0) is 11.3 Å². The fourth-order valence-corrected chi connectivity index (χ4v) is 2.10. The molecule has 0 fully saturated rings. The van der Waals surface area contributed by atoms with Gasteiger partial charge in [-0.15, -0.1) is 10.2 Å². The minimum Gasteiger partial charge on any atom is -0.345 e. The molecule has 0 aliphatic heterocycles. The van der Waals surface area contributed by atoms with Gasteiger partial charge in [0.2, 0.25) is 11.0 Å². The number of amides is 1. The highest BCUT2D eigenvalue weighted by molar-refractivity contribution is 7.15. The second kappa shape index (κ2) is 5.54. The molecular formula is C11H12N4O2S. The van der Waals surface area contributed by atoms with Gasteiger partial charge in [0.15, 0.2) is 6.29 Å². The van der Waals surface area contributed by atoms with E-state index < -0.39 is 0 Å². The number of hydrogen-bond acceptors (Lipinski definition) is 5. The minimum atomic E-state index is -0.142. The van der Waals surface area contributed by atoms with Gasteiger partial charge < -0.3 is 9.88 Å². The third-order valence-corrected chi connectivity index (χ3v) is 3.09. The topological polar surface area (TPSA) is 76.9 Å². The average Bonchev–Trinajstić information content (AvgIpc) is 2.95. The maximum Gasteiger partial charge on any atom is 0.227 e. The van der Waals surface area contributed by atoms with E-state index in [0.717, 1.165) is 11.3 Å². The molecular weight excluding hydrogens is 252 g/mol. The number of hydrogen-bond donors (Lipinski definition) is 1. The number of aldehydes is 1. The lowest BCUT2D eigenvalue weighted by molar-refractivity contribution is -0.116. The van der Waals surface area contributed by atoms with Crippen molar-refractivity contribution in [1.82, 2.24) is 14.8 Å². The first-order valence-corrected chi connectivity index (χ1v) is 6.21. The Morgan fingerprint density at radius 2 is 2.39 bits per heavy atom. The molecule has 2 heterocycles. The summed E-state index contributed by atoms with van der Waals surface area (Å²) in [6, 6.07) is 3.48. The summed E-state index contributed by atoms with van der Waals surface area (Å²) in [7, 11) is 0. The van der Waals surface area contributed by atoms with Gasteiger partial charge in [-0.25, -0.2) is 0 Å². The number of carbonyl (C=O) groups excluding carboxylic acids is 2. The Labute approximate surface area is 108 Å². The predicted octanol–water partition coefficient (Wildman–Crippen LogP) is 1.49. The first-order valence-electron chi connectivity index (χ1n) is 5.39. The van der Waals surface area contributed by atoms with Crippen molar-refractivity contribution in [2.24, 2.45) is 0 Å². The lowest BCUT2D eigenvalue weighted by Crippen LogP contribution is -2.14. The molecule has 18 heavy (non-hydrogen) atoms. The van der Waals surface area contributed by atoms with Crippen molar-refractivity contribution in [1.29, 1.82) is 0 Å². The monoisotopic (exact) mass is 264 g/mol. The number of aryl methyl sites for hydroxylation is 2. The van der Waals surface area contributed by atoms with Gasteiger partial charge >= 0.3 is 0 Å². The van der Waals surface area contributed by atoms with Gasteiger partial charge in [-0.1, -0.05) is 11.3 Å². The van der Waals surface area contributed by atoms with Gasteiger partial charge in [0, 0.05) is 19.2 Å². The number of carbonyl (C=O) groups is 2. The number of rotatable bonds is 5. The van der Waals surface area contributed by atoms with Crippen molar-refractivity contribution in [2.45, 2.75) is 19.9 Å². The molecule has 1 N–H and O–H groups in total. The quantitative estimate of drug-likeness (QED) is 0.830. The fourth-order valence-electron chi connectivity index (χ4n) is 1.49. The molecule has 0 aliphatic rings. The fraction of sp³-hybridized carbons (Fsp3) is 0.273. The highest BCUT2D eigenvalue weighted by atomic mass is 32.1. The Balaban J connectivity index is 1.87. The standard InChI is InChI=1S/C11H12N4O2S/c1-8-13-14-11(18-8)12-10(17)4-6-15-5-2-3-9(15)7-16/h2-3,5,7H,4,6H2,1H3,(H,12,14,17). The molecule has 0 radical (unpaired) electrons. The largest absolute Gasteiger partial charge is 0.345 e. The SMILES string of the molecule is Cc1nnc(NC(=O)CCn2cccc2C=O)s1. The van der Waals surface area contributed by atoms with Crippen molar-refractivity contribution >= 4 is 28.7 Å². The van der Waals surface area contributed by atoms with Crippen LogP contribution in [0.2, 0.25) is 0 Å². The van der Waals surface area contributed by atoms with Gasteiger partial charge in [-0.2, -0.15) is 0 Å². The average molecular weight is 264 g/mol. The van der Waals surface area contributed by atoms with Crippen molar-refractivity contribution in [3.05, 3.63) is 29.0 Å². The molecule has 0 bridgehead atoms. The zero-order valence-electron chi connectivity index (χ0n) is 9.79. The van der Waals surface area contributed by atoms with Crippen LogP contribution in [0.1, 0.15) is 21.9 Å². The van der Waals surface area contributed by atoms with Crippen molar-refractivity contribution in [3.63, 3.8) is 0 Å². The molecule has 2 rings (SSSR count). The molecule has 0 aromatic carbocycles. The maximum atomic E-state index is 11.6. The van der Waals surface area contributed by atoms with E-state index in [2.05, 4.69) is 15.5 Å². The van der Waals surface area contributed by atoms with Crippen LogP contribution in [0.15, 0.2) is 18.3 Å². The smallest absolute Gasteiger partial charge is 0.227 e. The molecule has 0 atom stereocenters. The van der Waals surface area contributed by atoms with Gasteiger partial charge in [-0.3, -0.25) is 9.59 Å². The molecule has 94 valence electrons. The Kier molecular flexibility index (Phi) is 3.83. The third kappa shape index (κ3) is 3.01. The summed E-state index contributed by atoms with van der Waals surface area (Å²) in [5, 5.41) is 11.6. The van der Waals surface area contributed by atoms with Crippen LogP contribution in [0.5, 0.6) is 0 Å². The van der Waals surface area contributed by atoms with Crippen LogP contribution in [0.3, 0.4) is 0 Å². The highest BCUT2D eigenvalue weighted by Crippen LogP contribution is 2.13. The Morgan fingerprint density at radius 3 is 3.06 bits per heavy atom. The molecule has 2 aromatic rings. The Morgan fingerprint density at radius 1 is 1.56 bits per heavy atom. The second-order valence-corrected chi connectivity index (χ2v) is 4.85. The van der Waals surface area contributed by atoms with E-state index in [-0.39, 0.29) is 12.3 Å². The van der Waals surface area contributed by atoms with Gasteiger partial charge in [0.05, 0.1) is 5.69 Å². The first-order chi connectivity index (χ1) is 8.69. The van der Waals surface area contributed by atoms with Gasteiger partial charge in [0.25, 0.3) is 0 Å². The van der Waals surface area contributed by atoms with Crippen molar-refractivity contribution in [2.75, 3.05) is 5.32 Å². The normalized spacial score (nSPS) is 10.3. The summed E-state index contributed by atoms with van der Waals surface area (Å²) >= 11 is 1.33. The Hall–Kier alpha value is -2.02. The molecule has 0 unspecified atom stereocenters. The molecule has 1 amide bonds. The van der Waals surface area contributed by atoms with E-state index in [1.54, 1.807) is 22.9 Å². The van der Waals surface area contributed by atoms with E-state index >= 15 is 0 Å². The van der Waals surface area contributed by atoms with E-state index in [9.17, 15) is 9.59 Å². The van der Waals surface area contributed by atoms with Crippen molar-refractivity contribution < 1.29 is 9.59 Å². The van der Waals surface area contributed by atoms with Gasteiger partial charge in [0.1, 0.15) is 5.01 Å². The molecule has 7 heteroatoms. The Bertz CT molecular complexity index is 561. The number of nitrogens with zero attached hydrogens (tertiary/aromatic N) is 3. The summed E-state index contributed by atoms with van der Waals surface area (Å²) < 4.78 is 1.73. The highest BCUT2D eigenvalue weighted by Gasteiger charge is 2.07. The van der Waals surface area contributed by atoms with Crippen LogP contribution in [0, 0.1) is 6.92 Å². The zero-order valence-corrected chi connectivity index (χ0v) is 10.6. The summed E-state index contributed by atoms with van der Waals surface area (Å²) in [6.45, 7) is 2.29. The molecule has 0 saturated carbocycles. The second-order valence-electron chi connectivity index (χ2n) is 3.67. The van der Waals surface area contributed by atoms with E-state index in [1.807, 2.05) is 6.92 Å². The van der Waals surface area contributed by atoms with Crippen molar-refractivity contribution in [3.8, 4) is 0 Å². The van der Waals surface area contributed by atoms with E-state index in [4.69, 9.17) is 0 Å². The molecule has 0 saturated heterocycles. The summed E-state index contributed by atoms with van der Waals surface area (Å²) in [5.41, 5.74) is 0.564. The first kappa shape index (κ1) is 12.4. The molecule has 6 nitrogen and oxygen atoms in total. The van der Waals surface area contributed by atoms with Crippen LogP contribution in [0.4, 0.5) is 5.13 Å². The minimum absolute atomic E-state index is 0.142. The molecule has 0 aliphatic carbocycles. The van der Waals surface area contributed by atoms with E-state index in [1.165, 1.54) is 11.3 Å². The zero-order chi connectivity index (χ0) is 13.0. The van der Waals surface area contributed by atoms with Crippen LogP contribution < -0.4 is 5.32 Å². The summed E-state index contributed by atoms with van der Waals surface area (Å²) in [5.74, 6) is -0.142. The maximum absolute atomic E-state index is 11.6.